The van der Waals surface area contributed by atoms with Gasteiger partial charge in [-0.2, -0.15) is 0 Å². The summed E-state index contributed by atoms with van der Waals surface area (Å²) in [6.45, 7) is 0. The van der Waals surface area contributed by atoms with Gasteiger partial charge in [0.05, 0.1) is 22.4 Å². The predicted octanol–water partition coefficient (Wildman–Crippen LogP) is 17.5. The van der Waals surface area contributed by atoms with Crippen molar-refractivity contribution in [3.05, 3.63) is 243 Å². The summed E-state index contributed by atoms with van der Waals surface area (Å²) in [5, 5.41) is 6.60. The van der Waals surface area contributed by atoms with Gasteiger partial charge in [-0.3, -0.25) is 9.97 Å². The number of benzene rings is 9. The molecule has 14 aromatic rings. The first kappa shape index (κ1) is 39.6. The molecular formula is C64H40N4O2. The van der Waals surface area contributed by atoms with Crippen molar-refractivity contribution in [2.45, 2.75) is 0 Å². The van der Waals surface area contributed by atoms with Crippen molar-refractivity contribution in [2.75, 3.05) is 4.90 Å². The maximum absolute atomic E-state index is 7.00. The van der Waals surface area contributed by atoms with Crippen LogP contribution in [-0.4, -0.2) is 14.5 Å². The number of pyridine rings is 2. The van der Waals surface area contributed by atoms with Crippen molar-refractivity contribution in [1.82, 2.24) is 14.5 Å². The highest BCUT2D eigenvalue weighted by atomic mass is 16.3. The molecule has 0 radical (unpaired) electrons. The van der Waals surface area contributed by atoms with Gasteiger partial charge in [0.15, 0.2) is 5.58 Å². The van der Waals surface area contributed by atoms with Crippen LogP contribution in [0.3, 0.4) is 0 Å². The summed E-state index contributed by atoms with van der Waals surface area (Å²) in [5.74, 6) is 0. The van der Waals surface area contributed by atoms with E-state index in [0.717, 1.165) is 111 Å². The first-order chi connectivity index (χ1) is 34.7. The molecule has 0 aliphatic carbocycles. The minimum Gasteiger partial charge on any atom is -0.456 e. The fourth-order valence-corrected chi connectivity index (χ4v) is 10.4. The van der Waals surface area contributed by atoms with Gasteiger partial charge in [-0.25, -0.2) is 0 Å². The molecule has 0 aliphatic rings. The summed E-state index contributed by atoms with van der Waals surface area (Å²) in [6, 6.07) is 77.6. The number of hydrogen-bond acceptors (Lipinski definition) is 5. The van der Waals surface area contributed by atoms with Crippen molar-refractivity contribution >= 4 is 82.7 Å². The maximum Gasteiger partial charge on any atom is 0.159 e. The van der Waals surface area contributed by atoms with Gasteiger partial charge < -0.3 is 18.3 Å². The van der Waals surface area contributed by atoms with Gasteiger partial charge in [0.1, 0.15) is 16.7 Å². The first-order valence-corrected chi connectivity index (χ1v) is 23.5. The second-order valence-corrected chi connectivity index (χ2v) is 17.8. The Hall–Kier alpha value is -9.52. The van der Waals surface area contributed by atoms with Crippen molar-refractivity contribution < 1.29 is 8.83 Å². The van der Waals surface area contributed by atoms with Crippen LogP contribution < -0.4 is 4.90 Å². The minimum atomic E-state index is 0.776. The molecule has 6 heteroatoms. The second-order valence-electron chi connectivity index (χ2n) is 17.8. The predicted molar refractivity (Wildman–Crippen MR) is 287 cm³/mol. The number of aromatic nitrogens is 3. The average molecular weight is 897 g/mol. The number of rotatable bonds is 8. The third kappa shape index (κ3) is 6.57. The SMILES string of the molecule is c1ccc(-c2ccc(-n3c4ccccc4c4ccc(-c5cc(N(c6cc(-c7cccnc7)cc(-c7cccnc7)c6)c6ccc7c(c6)oc6ccccc67)c6oc7ccccc7c6c5)cc43)cc2)cc1. The van der Waals surface area contributed by atoms with Crippen LogP contribution in [0.1, 0.15) is 0 Å². The van der Waals surface area contributed by atoms with Crippen LogP contribution in [0.2, 0.25) is 0 Å². The quantitative estimate of drug-likeness (QED) is 0.152. The number of nitrogens with zero attached hydrogens (tertiary/aromatic N) is 4. The summed E-state index contributed by atoms with van der Waals surface area (Å²) in [4.78, 5) is 11.4. The molecule has 0 spiro atoms. The average Bonchev–Trinajstić information content (AvgIpc) is 4.11. The summed E-state index contributed by atoms with van der Waals surface area (Å²) in [7, 11) is 0. The van der Waals surface area contributed by atoms with Gasteiger partial charge >= 0.3 is 0 Å². The van der Waals surface area contributed by atoms with E-state index in [0.29, 0.717) is 0 Å². The van der Waals surface area contributed by atoms with Crippen molar-refractivity contribution in [3.8, 4) is 50.2 Å². The maximum atomic E-state index is 7.00. The number of anilines is 3. The van der Waals surface area contributed by atoms with Crippen molar-refractivity contribution in [3.63, 3.8) is 0 Å². The number of hydrogen-bond donors (Lipinski definition) is 0. The number of para-hydroxylation sites is 3. The lowest BCUT2D eigenvalue weighted by Crippen LogP contribution is -2.11. The largest absolute Gasteiger partial charge is 0.456 e. The lowest BCUT2D eigenvalue weighted by molar-refractivity contribution is 0.667. The molecule has 5 aromatic heterocycles. The normalized spacial score (nSPS) is 11.7. The molecule has 0 fully saturated rings. The number of furan rings is 2. The lowest BCUT2D eigenvalue weighted by Gasteiger charge is -2.27. The van der Waals surface area contributed by atoms with Crippen molar-refractivity contribution in [1.29, 1.82) is 0 Å². The molecule has 14 rings (SSSR count). The van der Waals surface area contributed by atoms with Gasteiger partial charge in [0.2, 0.25) is 0 Å². The molecule has 0 aliphatic heterocycles. The molecule has 6 nitrogen and oxygen atoms in total. The van der Waals surface area contributed by atoms with Crippen LogP contribution in [0.4, 0.5) is 17.1 Å². The molecule has 0 bridgehead atoms. The Labute approximate surface area is 402 Å². The molecule has 0 saturated carbocycles. The van der Waals surface area contributed by atoms with Crippen LogP contribution >= 0.6 is 0 Å². The van der Waals surface area contributed by atoms with E-state index >= 15 is 0 Å². The van der Waals surface area contributed by atoms with E-state index in [9.17, 15) is 0 Å². The fourth-order valence-electron chi connectivity index (χ4n) is 10.4. The van der Waals surface area contributed by atoms with Crippen LogP contribution in [0, 0.1) is 0 Å². The summed E-state index contributed by atoms with van der Waals surface area (Å²) in [5.41, 5.74) is 17.9. The summed E-state index contributed by atoms with van der Waals surface area (Å²) in [6.07, 6.45) is 7.46. The zero-order chi connectivity index (χ0) is 46.1. The van der Waals surface area contributed by atoms with E-state index in [1.54, 1.807) is 0 Å². The molecule has 9 aromatic carbocycles. The molecule has 328 valence electrons. The lowest BCUT2D eigenvalue weighted by atomic mass is 9.97. The Morgan fingerprint density at radius 2 is 0.900 bits per heavy atom. The molecule has 0 amide bonds. The highest BCUT2D eigenvalue weighted by Gasteiger charge is 2.24. The van der Waals surface area contributed by atoms with E-state index in [2.05, 4.69) is 207 Å². The minimum absolute atomic E-state index is 0.776. The zero-order valence-electron chi connectivity index (χ0n) is 37.7. The van der Waals surface area contributed by atoms with Crippen LogP contribution in [0.5, 0.6) is 0 Å². The topological polar surface area (TPSA) is 60.2 Å². The zero-order valence-corrected chi connectivity index (χ0v) is 37.7. The third-order valence-corrected chi connectivity index (χ3v) is 13.7. The highest BCUT2D eigenvalue weighted by Crippen LogP contribution is 2.48. The van der Waals surface area contributed by atoms with Crippen LogP contribution in [-0.2, 0) is 0 Å². The molecule has 5 heterocycles. The first-order valence-electron chi connectivity index (χ1n) is 23.5. The van der Waals surface area contributed by atoms with E-state index in [4.69, 9.17) is 8.83 Å². The molecule has 0 unspecified atom stereocenters. The standard InChI is InChI=1S/C64H40N4O2/c1-2-12-41(13-3-1)42-22-25-49(26-23-42)68-58-19-7-4-16-52(58)53-28-24-43(36-59(53)68)48-35-57-55-18-6-9-21-62(55)70-64(57)60(37-48)67(50-27-29-56-54-17-5-8-20-61(54)69-63(56)38-50)51-33-46(44-14-10-30-65-39-44)32-47(34-51)45-15-11-31-66-40-45/h1-40H. The molecule has 0 saturated heterocycles. The van der Waals surface area contributed by atoms with E-state index in [1.165, 1.54) is 21.9 Å². The van der Waals surface area contributed by atoms with E-state index in [-0.39, 0.29) is 0 Å². The second kappa shape index (κ2) is 16.1. The van der Waals surface area contributed by atoms with Gasteiger partial charge in [-0.1, -0.05) is 121 Å². The van der Waals surface area contributed by atoms with Crippen molar-refractivity contribution in [2.24, 2.45) is 0 Å². The summed E-state index contributed by atoms with van der Waals surface area (Å²) < 4.78 is 16.0. The van der Waals surface area contributed by atoms with E-state index in [1.807, 2.05) is 55.1 Å². The van der Waals surface area contributed by atoms with Crippen LogP contribution in [0.25, 0.3) is 116 Å². The fraction of sp³-hybridized carbons (Fsp3) is 0. The molecular weight excluding hydrogens is 857 g/mol. The van der Waals surface area contributed by atoms with E-state index < -0.39 is 0 Å². The highest BCUT2D eigenvalue weighted by molar-refractivity contribution is 6.14. The summed E-state index contributed by atoms with van der Waals surface area (Å²) >= 11 is 0. The Morgan fingerprint density at radius 3 is 1.63 bits per heavy atom. The Morgan fingerprint density at radius 1 is 0.329 bits per heavy atom. The Kier molecular flexibility index (Phi) is 9.10. The van der Waals surface area contributed by atoms with Gasteiger partial charge in [-0.15, -0.1) is 0 Å². The van der Waals surface area contributed by atoms with Gasteiger partial charge in [0, 0.05) is 85.7 Å². The Bertz CT molecular complexity index is 4230. The van der Waals surface area contributed by atoms with Gasteiger partial charge in [0.25, 0.3) is 0 Å². The van der Waals surface area contributed by atoms with Gasteiger partial charge in [-0.05, 0) is 124 Å². The molecule has 0 atom stereocenters. The molecule has 0 N–H and O–H groups in total. The third-order valence-electron chi connectivity index (χ3n) is 13.7. The monoisotopic (exact) mass is 896 g/mol. The molecule has 70 heavy (non-hydrogen) atoms. The Balaban J connectivity index is 1.03. The number of fused-ring (bicyclic) bond motifs is 9. The van der Waals surface area contributed by atoms with Crippen LogP contribution in [0.15, 0.2) is 252 Å². The smallest absolute Gasteiger partial charge is 0.159 e.